The largest absolute Gasteiger partial charge is 0.369 e. The molecular formula is C16H27N3O. The molecule has 0 aliphatic carbocycles. The number of nitrogens with two attached hydrogens (primary N) is 1. The van der Waals surface area contributed by atoms with E-state index in [1.807, 2.05) is 13.0 Å². The van der Waals surface area contributed by atoms with Crippen LogP contribution in [0.4, 0.5) is 0 Å². The van der Waals surface area contributed by atoms with E-state index in [0.29, 0.717) is 12.6 Å². The molecule has 1 amide bonds. The van der Waals surface area contributed by atoms with Crippen LogP contribution >= 0.6 is 0 Å². The van der Waals surface area contributed by atoms with Crippen LogP contribution < -0.4 is 11.1 Å². The Bertz CT molecular complexity index is 390. The normalized spacial score (nSPS) is 14.2. The fraction of sp³-hybridized carbons (Fsp3) is 0.562. The highest BCUT2D eigenvalue weighted by Crippen LogP contribution is 2.19. The van der Waals surface area contributed by atoms with E-state index in [1.165, 1.54) is 5.56 Å². The molecule has 112 valence electrons. The molecule has 0 saturated carbocycles. The van der Waals surface area contributed by atoms with E-state index in [4.69, 9.17) is 5.73 Å². The molecule has 0 bridgehead atoms. The molecule has 0 saturated heterocycles. The van der Waals surface area contributed by atoms with Crippen LogP contribution in [0.3, 0.4) is 0 Å². The van der Waals surface area contributed by atoms with Gasteiger partial charge >= 0.3 is 0 Å². The van der Waals surface area contributed by atoms with Crippen molar-refractivity contribution in [3.8, 4) is 0 Å². The third kappa shape index (κ3) is 4.94. The summed E-state index contributed by atoms with van der Waals surface area (Å²) in [6, 6.07) is 10.8. The van der Waals surface area contributed by atoms with Crippen molar-refractivity contribution in [2.24, 2.45) is 11.7 Å². The maximum absolute atomic E-state index is 11.1. The number of rotatable bonds is 9. The van der Waals surface area contributed by atoms with Gasteiger partial charge in [-0.05, 0) is 18.7 Å². The van der Waals surface area contributed by atoms with Crippen LogP contribution in [0.2, 0.25) is 0 Å². The first kappa shape index (κ1) is 16.7. The van der Waals surface area contributed by atoms with E-state index >= 15 is 0 Å². The number of benzene rings is 1. The van der Waals surface area contributed by atoms with Gasteiger partial charge in [-0.1, -0.05) is 51.1 Å². The maximum Gasteiger partial charge on any atom is 0.221 e. The highest BCUT2D eigenvalue weighted by atomic mass is 16.1. The Balaban J connectivity index is 2.67. The van der Waals surface area contributed by atoms with Crippen LogP contribution in [0.15, 0.2) is 30.3 Å². The quantitative estimate of drug-likeness (QED) is 0.723. The Morgan fingerprint density at radius 2 is 1.80 bits per heavy atom. The van der Waals surface area contributed by atoms with Gasteiger partial charge in [0.05, 0.1) is 0 Å². The summed E-state index contributed by atoms with van der Waals surface area (Å²) in [5.74, 6) is -0.389. The number of nitrogens with zero attached hydrogens (tertiary/aromatic N) is 1. The number of nitrogens with one attached hydrogen (secondary N) is 1. The van der Waals surface area contributed by atoms with Gasteiger partial charge in [-0.3, -0.25) is 9.69 Å². The first-order valence-electron chi connectivity index (χ1n) is 7.39. The summed E-state index contributed by atoms with van der Waals surface area (Å²) in [6.45, 7) is 9.65. The molecule has 4 heteroatoms. The van der Waals surface area contributed by atoms with Gasteiger partial charge in [0.1, 0.15) is 0 Å². The number of hydrogen-bond acceptors (Lipinski definition) is 3. The second kappa shape index (κ2) is 8.72. The van der Waals surface area contributed by atoms with Gasteiger partial charge in [0.2, 0.25) is 5.91 Å². The number of primary amides is 1. The molecular weight excluding hydrogens is 250 g/mol. The van der Waals surface area contributed by atoms with E-state index in [0.717, 1.165) is 19.6 Å². The minimum Gasteiger partial charge on any atom is -0.369 e. The lowest BCUT2D eigenvalue weighted by Gasteiger charge is -2.30. The molecule has 0 heterocycles. The minimum absolute atomic E-state index is 0.136. The standard InChI is InChI=1S/C16H27N3O/c1-4-19(5-2)15(14-9-7-6-8-10-14)12-18-11-13(3)16(17)20/h6-10,13,15,18H,4-5,11-12H2,1-3H3,(H2,17,20). The SMILES string of the molecule is CCN(CC)C(CNCC(C)C(N)=O)c1ccccc1. The smallest absolute Gasteiger partial charge is 0.221 e. The van der Waals surface area contributed by atoms with Crippen molar-refractivity contribution >= 4 is 5.91 Å². The molecule has 0 fully saturated rings. The summed E-state index contributed by atoms with van der Waals surface area (Å²) in [4.78, 5) is 13.5. The average Bonchev–Trinajstić information content (AvgIpc) is 2.47. The van der Waals surface area contributed by atoms with Crippen LogP contribution in [0.1, 0.15) is 32.4 Å². The van der Waals surface area contributed by atoms with Crippen LogP contribution in [-0.2, 0) is 4.79 Å². The Hall–Kier alpha value is -1.39. The highest BCUT2D eigenvalue weighted by molar-refractivity contribution is 5.76. The Morgan fingerprint density at radius 3 is 2.30 bits per heavy atom. The fourth-order valence-electron chi connectivity index (χ4n) is 2.33. The van der Waals surface area contributed by atoms with Gasteiger partial charge in [-0.2, -0.15) is 0 Å². The first-order valence-corrected chi connectivity index (χ1v) is 7.39. The second-order valence-electron chi connectivity index (χ2n) is 5.11. The summed E-state index contributed by atoms with van der Waals surface area (Å²) in [7, 11) is 0. The monoisotopic (exact) mass is 277 g/mol. The number of hydrogen-bond donors (Lipinski definition) is 2. The van der Waals surface area contributed by atoms with Gasteiger partial charge in [0, 0.05) is 25.0 Å². The molecule has 4 nitrogen and oxygen atoms in total. The molecule has 0 radical (unpaired) electrons. The van der Waals surface area contributed by atoms with Crippen molar-refractivity contribution in [2.75, 3.05) is 26.2 Å². The third-order valence-corrected chi connectivity index (χ3v) is 3.71. The van der Waals surface area contributed by atoms with Crippen LogP contribution in [0.25, 0.3) is 0 Å². The van der Waals surface area contributed by atoms with Crippen molar-refractivity contribution in [1.29, 1.82) is 0 Å². The number of carbonyl (C=O) groups is 1. The molecule has 3 N–H and O–H groups in total. The molecule has 0 spiro atoms. The van der Waals surface area contributed by atoms with Crippen LogP contribution in [-0.4, -0.2) is 37.0 Å². The Labute approximate surface area is 122 Å². The lowest BCUT2D eigenvalue weighted by Crippen LogP contribution is -2.38. The van der Waals surface area contributed by atoms with E-state index < -0.39 is 0 Å². The van der Waals surface area contributed by atoms with Crippen LogP contribution in [0.5, 0.6) is 0 Å². The second-order valence-corrected chi connectivity index (χ2v) is 5.11. The first-order chi connectivity index (χ1) is 9.60. The molecule has 0 aliphatic heterocycles. The van der Waals surface area contributed by atoms with Crippen molar-refractivity contribution in [3.05, 3.63) is 35.9 Å². The molecule has 0 aliphatic rings. The predicted octanol–water partition coefficient (Wildman–Crippen LogP) is 1.78. The van der Waals surface area contributed by atoms with Crippen molar-refractivity contribution < 1.29 is 4.79 Å². The van der Waals surface area contributed by atoms with Crippen molar-refractivity contribution in [3.63, 3.8) is 0 Å². The summed E-state index contributed by atoms with van der Waals surface area (Å²) in [5, 5.41) is 3.37. The van der Waals surface area contributed by atoms with Gasteiger partial charge in [0.15, 0.2) is 0 Å². The lowest BCUT2D eigenvalue weighted by molar-refractivity contribution is -0.121. The van der Waals surface area contributed by atoms with E-state index in [9.17, 15) is 4.79 Å². The fourth-order valence-corrected chi connectivity index (χ4v) is 2.33. The van der Waals surface area contributed by atoms with Crippen molar-refractivity contribution in [1.82, 2.24) is 10.2 Å². The molecule has 2 atom stereocenters. The highest BCUT2D eigenvalue weighted by Gasteiger charge is 2.18. The molecule has 1 aromatic rings. The van der Waals surface area contributed by atoms with E-state index in [2.05, 4.69) is 48.3 Å². The summed E-state index contributed by atoms with van der Waals surface area (Å²) in [5.41, 5.74) is 6.59. The third-order valence-electron chi connectivity index (χ3n) is 3.71. The zero-order valence-electron chi connectivity index (χ0n) is 12.8. The zero-order valence-corrected chi connectivity index (χ0v) is 12.8. The van der Waals surface area contributed by atoms with Gasteiger partial charge in [0.25, 0.3) is 0 Å². The Kier molecular flexibility index (Phi) is 7.26. The molecule has 20 heavy (non-hydrogen) atoms. The maximum atomic E-state index is 11.1. The van der Waals surface area contributed by atoms with Crippen LogP contribution in [0, 0.1) is 5.92 Å². The predicted molar refractivity (Wildman–Crippen MR) is 83.3 cm³/mol. The van der Waals surface area contributed by atoms with Gasteiger partial charge in [-0.15, -0.1) is 0 Å². The number of amides is 1. The van der Waals surface area contributed by atoms with E-state index in [-0.39, 0.29) is 11.8 Å². The lowest BCUT2D eigenvalue weighted by atomic mass is 10.0. The summed E-state index contributed by atoms with van der Waals surface area (Å²) < 4.78 is 0. The summed E-state index contributed by atoms with van der Waals surface area (Å²) >= 11 is 0. The van der Waals surface area contributed by atoms with Gasteiger partial charge in [-0.25, -0.2) is 0 Å². The van der Waals surface area contributed by atoms with E-state index in [1.54, 1.807) is 0 Å². The Morgan fingerprint density at radius 1 is 1.20 bits per heavy atom. The zero-order chi connectivity index (χ0) is 15.0. The average molecular weight is 277 g/mol. The minimum atomic E-state index is -0.253. The van der Waals surface area contributed by atoms with Gasteiger partial charge < -0.3 is 11.1 Å². The molecule has 0 aromatic heterocycles. The molecule has 1 rings (SSSR count). The number of carbonyl (C=O) groups excluding carboxylic acids is 1. The summed E-state index contributed by atoms with van der Waals surface area (Å²) in [6.07, 6.45) is 0. The molecule has 1 aromatic carbocycles. The van der Waals surface area contributed by atoms with Crippen molar-refractivity contribution in [2.45, 2.75) is 26.8 Å². The molecule has 2 unspecified atom stereocenters. The topological polar surface area (TPSA) is 58.4 Å². The number of likely N-dealkylation sites (N-methyl/N-ethyl adjacent to an activating group) is 1.